The highest BCUT2D eigenvalue weighted by molar-refractivity contribution is 5.69. The molecule has 0 aromatic heterocycles. The maximum absolute atomic E-state index is 13.4. The van der Waals surface area contributed by atoms with E-state index < -0.39 is 30.0 Å². The highest BCUT2D eigenvalue weighted by Crippen LogP contribution is 2.32. The van der Waals surface area contributed by atoms with Crippen LogP contribution in [-0.4, -0.2) is 17.1 Å². The minimum absolute atomic E-state index is 0.105. The first kappa shape index (κ1) is 12.1. The number of carboxylic acid groups (broad SMARTS) is 1. The van der Waals surface area contributed by atoms with Crippen LogP contribution in [0.2, 0.25) is 0 Å². The van der Waals surface area contributed by atoms with E-state index in [1.54, 1.807) is 0 Å². The molecule has 0 amide bonds. The van der Waals surface area contributed by atoms with E-state index >= 15 is 0 Å². The molecule has 3 nitrogen and oxygen atoms in total. The summed E-state index contributed by atoms with van der Waals surface area (Å²) in [6.07, 6.45) is 1.66. The summed E-state index contributed by atoms with van der Waals surface area (Å²) in [6, 6.07) is -0.105. The van der Waals surface area contributed by atoms with Crippen molar-refractivity contribution in [1.82, 2.24) is 0 Å². The van der Waals surface area contributed by atoms with Crippen LogP contribution < -0.4 is 5.73 Å². The summed E-state index contributed by atoms with van der Waals surface area (Å²) in [5.41, 5.74) is 5.64. The highest BCUT2D eigenvalue weighted by atomic mass is 19.2. The number of nitrogens with two attached hydrogens (primary N) is 1. The van der Waals surface area contributed by atoms with Crippen molar-refractivity contribution >= 4 is 5.97 Å². The maximum atomic E-state index is 13.4. The second kappa shape index (κ2) is 5.21. The summed E-state index contributed by atoms with van der Waals surface area (Å²) in [5, 5.41) is 8.32. The fourth-order valence-corrected chi connectivity index (χ4v) is 1.90. The van der Waals surface area contributed by atoms with Crippen LogP contribution in [0.15, 0.2) is 11.7 Å². The molecule has 0 radical (unpaired) electrons. The summed E-state index contributed by atoms with van der Waals surface area (Å²) < 4.78 is 26.4. The van der Waals surface area contributed by atoms with Crippen molar-refractivity contribution in [2.45, 2.75) is 38.1 Å². The third kappa shape index (κ3) is 3.58. The quantitative estimate of drug-likeness (QED) is 0.764. The number of halogens is 2. The lowest BCUT2D eigenvalue weighted by atomic mass is 9.85. The lowest BCUT2D eigenvalue weighted by Crippen LogP contribution is -2.28. The number of hydrogen-bond donors (Lipinski definition) is 2. The summed E-state index contributed by atoms with van der Waals surface area (Å²) in [7, 11) is 0. The molecule has 1 aliphatic rings. The molecule has 0 aliphatic heterocycles. The van der Waals surface area contributed by atoms with Crippen LogP contribution in [-0.2, 0) is 4.79 Å². The summed E-state index contributed by atoms with van der Waals surface area (Å²) in [5.74, 6) is -3.98. The Morgan fingerprint density at radius 1 is 1.40 bits per heavy atom. The van der Waals surface area contributed by atoms with Gasteiger partial charge in [-0.1, -0.05) is 6.42 Å². The van der Waals surface area contributed by atoms with E-state index in [4.69, 9.17) is 10.8 Å². The van der Waals surface area contributed by atoms with Gasteiger partial charge in [-0.3, -0.25) is 4.79 Å². The Morgan fingerprint density at radius 2 is 2.07 bits per heavy atom. The van der Waals surface area contributed by atoms with E-state index in [2.05, 4.69) is 0 Å². The minimum atomic E-state index is -1.36. The fourth-order valence-electron chi connectivity index (χ4n) is 1.90. The Hall–Kier alpha value is -0.970. The first-order valence-corrected chi connectivity index (χ1v) is 5.02. The Kier molecular flexibility index (Phi) is 4.20. The van der Waals surface area contributed by atoms with Gasteiger partial charge < -0.3 is 10.8 Å². The maximum Gasteiger partial charge on any atom is 0.310 e. The minimum Gasteiger partial charge on any atom is -0.481 e. The zero-order chi connectivity index (χ0) is 11.4. The third-order valence-corrected chi connectivity index (χ3v) is 2.64. The third-order valence-electron chi connectivity index (χ3n) is 2.64. The molecular formula is C10H15F2NO2. The van der Waals surface area contributed by atoms with E-state index in [1.807, 2.05) is 0 Å². The van der Waals surface area contributed by atoms with Gasteiger partial charge in [-0.2, -0.15) is 0 Å². The number of carbonyl (C=O) groups is 1. The summed E-state index contributed by atoms with van der Waals surface area (Å²) in [4.78, 5) is 10.2. The molecule has 5 heteroatoms. The van der Waals surface area contributed by atoms with E-state index in [1.165, 1.54) is 0 Å². The van der Waals surface area contributed by atoms with Crippen molar-refractivity contribution in [3.8, 4) is 0 Å². The smallest absolute Gasteiger partial charge is 0.310 e. The molecule has 1 aliphatic carbocycles. The second-order valence-corrected chi connectivity index (χ2v) is 3.95. The van der Waals surface area contributed by atoms with Crippen molar-refractivity contribution in [3.05, 3.63) is 11.7 Å². The number of rotatable bonds is 3. The molecule has 1 saturated carbocycles. The number of hydrogen-bond acceptors (Lipinski definition) is 2. The summed E-state index contributed by atoms with van der Waals surface area (Å²) >= 11 is 0. The molecule has 0 heterocycles. The average Bonchev–Trinajstić information content (AvgIpc) is 2.15. The molecule has 0 saturated heterocycles. The topological polar surface area (TPSA) is 63.3 Å². The van der Waals surface area contributed by atoms with Gasteiger partial charge in [0.25, 0.3) is 0 Å². The normalized spacial score (nSPS) is 28.5. The van der Waals surface area contributed by atoms with Crippen LogP contribution in [0.3, 0.4) is 0 Å². The summed E-state index contributed by atoms with van der Waals surface area (Å²) in [6.45, 7) is 0. The molecule has 2 unspecified atom stereocenters. The largest absolute Gasteiger partial charge is 0.481 e. The van der Waals surface area contributed by atoms with Gasteiger partial charge >= 0.3 is 5.97 Å². The van der Waals surface area contributed by atoms with Gasteiger partial charge in [0.15, 0.2) is 0 Å². The van der Waals surface area contributed by atoms with Crippen LogP contribution in [0.5, 0.6) is 0 Å². The molecule has 86 valence electrons. The van der Waals surface area contributed by atoms with Crippen LogP contribution in [0.1, 0.15) is 32.1 Å². The van der Waals surface area contributed by atoms with Crippen molar-refractivity contribution in [3.63, 3.8) is 0 Å². The van der Waals surface area contributed by atoms with E-state index in [0.717, 1.165) is 12.8 Å². The Morgan fingerprint density at radius 3 is 2.60 bits per heavy atom. The first-order chi connectivity index (χ1) is 7.00. The number of carboxylic acids is 1. The van der Waals surface area contributed by atoms with Gasteiger partial charge in [-0.25, -0.2) is 8.78 Å². The molecule has 1 fully saturated rings. The monoisotopic (exact) mass is 219 g/mol. The molecule has 1 rings (SSSR count). The second-order valence-electron chi connectivity index (χ2n) is 3.95. The predicted octanol–water partition coefficient (Wildman–Crippen LogP) is 2.13. The van der Waals surface area contributed by atoms with E-state index in [9.17, 15) is 13.6 Å². The van der Waals surface area contributed by atoms with Gasteiger partial charge in [-0.15, -0.1) is 0 Å². The SMILES string of the molecule is NC1CCCC(/C(F)=C(\F)CC(=O)O)C1. The zero-order valence-electron chi connectivity index (χ0n) is 8.38. The van der Waals surface area contributed by atoms with Crippen LogP contribution >= 0.6 is 0 Å². The van der Waals surface area contributed by atoms with Gasteiger partial charge in [0.1, 0.15) is 11.7 Å². The van der Waals surface area contributed by atoms with E-state index in [-0.39, 0.29) is 6.04 Å². The van der Waals surface area contributed by atoms with Crippen LogP contribution in [0.25, 0.3) is 0 Å². The van der Waals surface area contributed by atoms with E-state index in [0.29, 0.717) is 12.8 Å². The van der Waals surface area contributed by atoms with Crippen molar-refractivity contribution < 1.29 is 18.7 Å². The number of allylic oxidation sites excluding steroid dienone is 1. The molecule has 2 atom stereocenters. The molecule has 3 N–H and O–H groups in total. The Bertz CT molecular complexity index is 279. The van der Waals surface area contributed by atoms with Crippen molar-refractivity contribution in [1.29, 1.82) is 0 Å². The van der Waals surface area contributed by atoms with Crippen molar-refractivity contribution in [2.75, 3.05) is 0 Å². The molecule has 0 aromatic carbocycles. The predicted molar refractivity (Wildman–Crippen MR) is 51.4 cm³/mol. The standard InChI is InChI=1S/C10H15F2NO2/c11-8(5-9(14)15)10(12)6-2-1-3-7(13)4-6/h6-7H,1-5,13H2,(H,14,15)/b10-8+. The Labute approximate surface area is 87.0 Å². The molecule has 0 aromatic rings. The zero-order valence-corrected chi connectivity index (χ0v) is 8.38. The van der Waals surface area contributed by atoms with Gasteiger partial charge in [-0.05, 0) is 19.3 Å². The first-order valence-electron chi connectivity index (χ1n) is 5.02. The van der Waals surface area contributed by atoms with Crippen molar-refractivity contribution in [2.24, 2.45) is 11.7 Å². The molecular weight excluding hydrogens is 204 g/mol. The van der Waals surface area contributed by atoms with Gasteiger partial charge in [0, 0.05) is 12.0 Å². The average molecular weight is 219 g/mol. The van der Waals surface area contributed by atoms with Gasteiger partial charge in [0.05, 0.1) is 6.42 Å². The molecule has 15 heavy (non-hydrogen) atoms. The lowest BCUT2D eigenvalue weighted by Gasteiger charge is -2.25. The molecule has 0 bridgehead atoms. The van der Waals surface area contributed by atoms with Gasteiger partial charge in [0.2, 0.25) is 0 Å². The van der Waals surface area contributed by atoms with Crippen LogP contribution in [0, 0.1) is 5.92 Å². The number of aliphatic carboxylic acids is 1. The highest BCUT2D eigenvalue weighted by Gasteiger charge is 2.26. The molecule has 0 spiro atoms. The van der Waals surface area contributed by atoms with Crippen LogP contribution in [0.4, 0.5) is 8.78 Å². The Balaban J connectivity index is 2.64. The fraction of sp³-hybridized carbons (Fsp3) is 0.700. The lowest BCUT2D eigenvalue weighted by molar-refractivity contribution is -0.136.